The number of likely N-dealkylation sites (tertiary alicyclic amines) is 1. The fourth-order valence-corrected chi connectivity index (χ4v) is 3.02. The Morgan fingerprint density at radius 3 is 2.54 bits per heavy atom. The summed E-state index contributed by atoms with van der Waals surface area (Å²) in [4.78, 5) is 17.4. The van der Waals surface area contributed by atoms with Crippen molar-refractivity contribution in [1.82, 2.24) is 9.88 Å². The van der Waals surface area contributed by atoms with Crippen LogP contribution >= 0.6 is 0 Å². The fourth-order valence-electron chi connectivity index (χ4n) is 3.02. The zero-order valence-electron chi connectivity index (χ0n) is 14.6. The molecule has 0 radical (unpaired) electrons. The molecule has 0 unspecified atom stereocenters. The Morgan fingerprint density at radius 2 is 1.75 bits per heavy atom. The molecule has 2 heterocycles. The van der Waals surface area contributed by atoms with Crippen LogP contribution in [0.3, 0.4) is 0 Å². The van der Waals surface area contributed by atoms with Crippen LogP contribution < -0.4 is 10.1 Å². The number of alkyl halides is 3. The summed E-state index contributed by atoms with van der Waals surface area (Å²) in [5.41, 5.74) is -0.304. The van der Waals surface area contributed by atoms with E-state index in [9.17, 15) is 18.0 Å². The van der Waals surface area contributed by atoms with Crippen LogP contribution in [0.5, 0.6) is 5.88 Å². The number of urea groups is 1. The number of nitrogens with zero attached hydrogens (tertiary/aromatic N) is 2. The minimum absolute atomic E-state index is 0.103. The lowest BCUT2D eigenvalue weighted by molar-refractivity contribution is -0.141. The molecule has 0 spiro atoms. The predicted octanol–water partition coefficient (Wildman–Crippen LogP) is 4.55. The Kier molecular flexibility index (Phi) is 4.54. The van der Waals surface area contributed by atoms with Gasteiger partial charge in [-0.15, -0.1) is 0 Å². The normalized spacial score (nSPS) is 14.6. The number of nitrogens with one attached hydrogen (secondary N) is 1. The van der Waals surface area contributed by atoms with E-state index in [0.717, 1.165) is 16.8 Å². The molecule has 1 aliphatic heterocycles. The fraction of sp³-hybridized carbons (Fsp3) is 0.200. The smallest absolute Gasteiger partial charge is 0.433 e. The summed E-state index contributed by atoms with van der Waals surface area (Å²) >= 11 is 0. The highest BCUT2D eigenvalue weighted by Gasteiger charge is 2.35. The number of carbonyl (C=O) groups is 1. The number of anilines is 1. The Labute approximate surface area is 158 Å². The maximum Gasteiger partial charge on any atom is 0.433 e. The minimum atomic E-state index is -4.52. The van der Waals surface area contributed by atoms with Crippen molar-refractivity contribution in [3.8, 4) is 5.88 Å². The first kappa shape index (κ1) is 18.1. The number of fused-ring (bicyclic) bond motifs is 1. The Bertz CT molecular complexity index is 1010. The minimum Gasteiger partial charge on any atom is -0.471 e. The van der Waals surface area contributed by atoms with E-state index in [4.69, 9.17) is 4.74 Å². The van der Waals surface area contributed by atoms with Crippen LogP contribution in [0.25, 0.3) is 10.8 Å². The number of carbonyl (C=O) groups excluding carboxylic acids is 1. The third-order valence-electron chi connectivity index (χ3n) is 4.47. The van der Waals surface area contributed by atoms with Gasteiger partial charge in [-0.3, -0.25) is 0 Å². The van der Waals surface area contributed by atoms with Crippen LogP contribution in [-0.2, 0) is 6.18 Å². The average Bonchev–Trinajstić information content (AvgIpc) is 2.64. The van der Waals surface area contributed by atoms with E-state index < -0.39 is 18.0 Å². The van der Waals surface area contributed by atoms with Gasteiger partial charge in [-0.25, -0.2) is 9.78 Å². The molecule has 1 fully saturated rings. The Hall–Kier alpha value is -3.29. The molecule has 1 aromatic heterocycles. The van der Waals surface area contributed by atoms with Crippen LogP contribution in [0.1, 0.15) is 5.69 Å². The Balaban J connectivity index is 1.36. The highest BCUT2D eigenvalue weighted by Crippen LogP contribution is 2.29. The van der Waals surface area contributed by atoms with Gasteiger partial charge in [0.05, 0.1) is 18.8 Å². The second-order valence-electron chi connectivity index (χ2n) is 6.46. The van der Waals surface area contributed by atoms with Gasteiger partial charge in [0.2, 0.25) is 5.88 Å². The second kappa shape index (κ2) is 7.03. The van der Waals surface area contributed by atoms with E-state index >= 15 is 0 Å². The monoisotopic (exact) mass is 387 g/mol. The van der Waals surface area contributed by atoms with Crippen molar-refractivity contribution in [3.63, 3.8) is 0 Å². The second-order valence-corrected chi connectivity index (χ2v) is 6.46. The molecule has 0 atom stereocenters. The number of aromatic nitrogens is 1. The van der Waals surface area contributed by atoms with E-state index in [2.05, 4.69) is 10.3 Å². The molecule has 2 aromatic carbocycles. The van der Waals surface area contributed by atoms with Gasteiger partial charge in [0.25, 0.3) is 0 Å². The standard InChI is InChI=1S/C20H16F3N3O2/c21-20(22,23)17-9-4-10-18(25-17)28-14-11-26(12-14)19(27)24-16-8-3-6-13-5-1-2-7-15(13)16/h1-10,14H,11-12H2,(H,24,27). The number of benzene rings is 2. The summed E-state index contributed by atoms with van der Waals surface area (Å²) in [7, 11) is 0. The first-order chi connectivity index (χ1) is 13.4. The van der Waals surface area contributed by atoms with E-state index in [0.29, 0.717) is 5.69 Å². The third kappa shape index (κ3) is 3.71. The van der Waals surface area contributed by atoms with Gasteiger partial charge in [-0.1, -0.05) is 42.5 Å². The summed E-state index contributed by atoms with van der Waals surface area (Å²) in [6.07, 6.45) is -4.92. The number of amides is 2. The molecule has 144 valence electrons. The van der Waals surface area contributed by atoms with Crippen molar-refractivity contribution < 1.29 is 22.7 Å². The molecule has 1 saturated heterocycles. The SMILES string of the molecule is O=C(Nc1cccc2ccccc12)N1CC(Oc2cccc(C(F)(F)F)n2)C1. The zero-order chi connectivity index (χ0) is 19.7. The highest BCUT2D eigenvalue weighted by atomic mass is 19.4. The van der Waals surface area contributed by atoms with Crippen molar-refractivity contribution >= 4 is 22.5 Å². The van der Waals surface area contributed by atoms with Crippen LogP contribution in [-0.4, -0.2) is 35.1 Å². The lowest BCUT2D eigenvalue weighted by Crippen LogP contribution is -2.57. The molecular weight excluding hydrogens is 371 g/mol. The van der Waals surface area contributed by atoms with Gasteiger partial charge in [0.1, 0.15) is 11.8 Å². The predicted molar refractivity (Wildman–Crippen MR) is 98.2 cm³/mol. The quantitative estimate of drug-likeness (QED) is 0.717. The molecule has 8 heteroatoms. The van der Waals surface area contributed by atoms with Crippen LogP contribution in [0.4, 0.5) is 23.7 Å². The topological polar surface area (TPSA) is 54.5 Å². The van der Waals surface area contributed by atoms with E-state index in [1.807, 2.05) is 42.5 Å². The van der Waals surface area contributed by atoms with Gasteiger partial charge < -0.3 is 15.0 Å². The van der Waals surface area contributed by atoms with Crippen molar-refractivity contribution in [1.29, 1.82) is 0 Å². The summed E-state index contributed by atoms with van der Waals surface area (Å²) < 4.78 is 43.6. The lowest BCUT2D eigenvalue weighted by Gasteiger charge is -2.38. The summed E-state index contributed by atoms with van der Waals surface area (Å²) in [5, 5.41) is 4.81. The largest absolute Gasteiger partial charge is 0.471 e. The lowest BCUT2D eigenvalue weighted by atomic mass is 10.1. The van der Waals surface area contributed by atoms with E-state index in [-0.39, 0.29) is 25.0 Å². The highest BCUT2D eigenvalue weighted by molar-refractivity contribution is 6.01. The molecule has 0 aliphatic carbocycles. The summed E-state index contributed by atoms with van der Waals surface area (Å²) in [5.74, 6) is -0.103. The molecule has 3 aromatic rings. The number of ether oxygens (including phenoxy) is 1. The number of pyridine rings is 1. The number of rotatable bonds is 3. The van der Waals surface area contributed by atoms with Gasteiger partial charge >= 0.3 is 12.2 Å². The van der Waals surface area contributed by atoms with Gasteiger partial charge in [0.15, 0.2) is 0 Å². The first-order valence-corrected chi connectivity index (χ1v) is 8.65. The molecule has 5 nitrogen and oxygen atoms in total. The number of hydrogen-bond donors (Lipinski definition) is 1. The van der Waals surface area contributed by atoms with Crippen molar-refractivity contribution in [3.05, 3.63) is 66.4 Å². The molecule has 1 N–H and O–H groups in total. The van der Waals surface area contributed by atoms with Gasteiger partial charge in [0, 0.05) is 11.5 Å². The maximum atomic E-state index is 12.7. The molecule has 28 heavy (non-hydrogen) atoms. The van der Waals surface area contributed by atoms with Crippen LogP contribution in [0, 0.1) is 0 Å². The molecule has 1 aliphatic rings. The maximum absolute atomic E-state index is 12.7. The van der Waals surface area contributed by atoms with Crippen molar-refractivity contribution in [2.24, 2.45) is 0 Å². The molecule has 0 saturated carbocycles. The van der Waals surface area contributed by atoms with E-state index in [1.54, 1.807) is 0 Å². The third-order valence-corrected chi connectivity index (χ3v) is 4.47. The Morgan fingerprint density at radius 1 is 1.04 bits per heavy atom. The van der Waals surface area contributed by atoms with Gasteiger partial charge in [-0.05, 0) is 17.5 Å². The van der Waals surface area contributed by atoms with E-state index in [1.165, 1.54) is 17.0 Å². The zero-order valence-corrected chi connectivity index (χ0v) is 14.6. The summed E-state index contributed by atoms with van der Waals surface area (Å²) in [6, 6.07) is 16.6. The molecule has 2 amide bonds. The number of hydrogen-bond acceptors (Lipinski definition) is 3. The van der Waals surface area contributed by atoms with Crippen LogP contribution in [0.15, 0.2) is 60.7 Å². The van der Waals surface area contributed by atoms with Crippen molar-refractivity contribution in [2.75, 3.05) is 18.4 Å². The molecular formula is C20H16F3N3O2. The average molecular weight is 387 g/mol. The van der Waals surface area contributed by atoms with Crippen LogP contribution in [0.2, 0.25) is 0 Å². The molecule has 4 rings (SSSR count). The summed E-state index contributed by atoms with van der Waals surface area (Å²) in [6.45, 7) is 0.545. The first-order valence-electron chi connectivity index (χ1n) is 8.65. The molecule has 0 bridgehead atoms. The number of halogens is 3. The van der Waals surface area contributed by atoms with Gasteiger partial charge in [-0.2, -0.15) is 13.2 Å². The van der Waals surface area contributed by atoms with Crippen molar-refractivity contribution in [2.45, 2.75) is 12.3 Å².